The Bertz CT molecular complexity index is 624. The van der Waals surface area contributed by atoms with E-state index in [9.17, 15) is 18.0 Å². The number of nitrogens with zero attached hydrogens (tertiary/aromatic N) is 3. The van der Waals surface area contributed by atoms with Gasteiger partial charge in [0.05, 0.1) is 24.0 Å². The summed E-state index contributed by atoms with van der Waals surface area (Å²) in [6.07, 6.45) is 1.57. The Morgan fingerprint density at radius 3 is 2.22 bits per heavy atom. The Morgan fingerprint density at radius 1 is 1.11 bits per heavy atom. The SMILES string of the molecule is NC(=O)OC1CCC(Nc2ncc(N3CCC(C(F)(F)F)CC3)cn2)CC1. The van der Waals surface area contributed by atoms with E-state index in [0.717, 1.165) is 31.4 Å². The van der Waals surface area contributed by atoms with Crippen LogP contribution < -0.4 is 16.0 Å². The number of aromatic nitrogens is 2. The van der Waals surface area contributed by atoms with Crippen LogP contribution in [0, 0.1) is 5.92 Å². The molecule has 1 aromatic heterocycles. The van der Waals surface area contributed by atoms with Crippen molar-refractivity contribution in [2.24, 2.45) is 11.7 Å². The first-order valence-corrected chi connectivity index (χ1v) is 9.17. The van der Waals surface area contributed by atoms with E-state index in [1.165, 1.54) is 0 Å². The van der Waals surface area contributed by atoms with Crippen LogP contribution >= 0.6 is 0 Å². The van der Waals surface area contributed by atoms with Crippen molar-refractivity contribution in [2.45, 2.75) is 56.8 Å². The van der Waals surface area contributed by atoms with Crippen LogP contribution in [0.3, 0.4) is 0 Å². The third-order valence-electron chi connectivity index (χ3n) is 5.25. The predicted molar refractivity (Wildman–Crippen MR) is 93.4 cm³/mol. The van der Waals surface area contributed by atoms with Gasteiger partial charge in [-0.2, -0.15) is 13.2 Å². The minimum atomic E-state index is -4.11. The van der Waals surface area contributed by atoms with Gasteiger partial charge >= 0.3 is 12.3 Å². The maximum absolute atomic E-state index is 12.8. The average Bonchev–Trinajstić information content (AvgIpc) is 2.63. The fraction of sp³-hybridized carbons (Fsp3) is 0.706. The molecular weight excluding hydrogens is 363 g/mol. The standard InChI is InChI=1S/C17H24F3N5O2/c18-17(19,20)11-5-7-25(8-6-11)13-9-22-16(23-10-13)24-12-1-3-14(4-2-12)27-15(21)26/h9-12,14H,1-8H2,(H2,21,26)(H,22,23,24). The molecule has 150 valence electrons. The first-order valence-electron chi connectivity index (χ1n) is 9.17. The molecule has 0 atom stereocenters. The van der Waals surface area contributed by atoms with Gasteiger partial charge in [-0.1, -0.05) is 0 Å². The normalized spacial score (nSPS) is 24.5. The van der Waals surface area contributed by atoms with E-state index in [1.807, 2.05) is 4.90 Å². The van der Waals surface area contributed by atoms with E-state index < -0.39 is 18.2 Å². The fourth-order valence-corrected chi connectivity index (χ4v) is 3.70. The van der Waals surface area contributed by atoms with E-state index in [2.05, 4.69) is 15.3 Å². The number of rotatable bonds is 4. The number of hydrogen-bond acceptors (Lipinski definition) is 6. The molecule has 10 heteroatoms. The smallest absolute Gasteiger partial charge is 0.404 e. The molecule has 3 rings (SSSR count). The molecule has 2 aliphatic rings. The van der Waals surface area contributed by atoms with E-state index >= 15 is 0 Å². The van der Waals surface area contributed by atoms with Crippen LogP contribution in [-0.2, 0) is 4.74 Å². The molecule has 1 aromatic rings. The Hall–Kier alpha value is -2.26. The van der Waals surface area contributed by atoms with Crippen LogP contribution in [0.4, 0.5) is 29.6 Å². The second kappa shape index (κ2) is 8.18. The molecule has 2 fully saturated rings. The van der Waals surface area contributed by atoms with Gasteiger partial charge in [0.1, 0.15) is 6.10 Å². The van der Waals surface area contributed by atoms with Crippen molar-refractivity contribution in [3.05, 3.63) is 12.4 Å². The van der Waals surface area contributed by atoms with E-state index in [-0.39, 0.29) is 25.0 Å². The number of piperidine rings is 1. The molecule has 7 nitrogen and oxygen atoms in total. The van der Waals surface area contributed by atoms with Gasteiger partial charge in [0.2, 0.25) is 5.95 Å². The zero-order chi connectivity index (χ0) is 19.4. The number of carbonyl (C=O) groups is 1. The van der Waals surface area contributed by atoms with Gasteiger partial charge in [0, 0.05) is 19.1 Å². The largest absolute Gasteiger partial charge is 0.446 e. The number of halogens is 3. The molecule has 1 aliphatic heterocycles. The monoisotopic (exact) mass is 387 g/mol. The summed E-state index contributed by atoms with van der Waals surface area (Å²) in [5.41, 5.74) is 5.77. The Morgan fingerprint density at radius 2 is 1.70 bits per heavy atom. The number of carbonyl (C=O) groups excluding carboxylic acids is 1. The zero-order valence-electron chi connectivity index (χ0n) is 14.9. The van der Waals surface area contributed by atoms with Crippen LogP contribution in [0.5, 0.6) is 0 Å². The van der Waals surface area contributed by atoms with E-state index in [4.69, 9.17) is 10.5 Å². The summed E-state index contributed by atoms with van der Waals surface area (Å²) in [5.74, 6) is -0.729. The third-order valence-corrected chi connectivity index (χ3v) is 5.25. The maximum Gasteiger partial charge on any atom is 0.404 e. The maximum atomic E-state index is 12.8. The van der Waals surface area contributed by atoms with Crippen molar-refractivity contribution < 1.29 is 22.7 Å². The van der Waals surface area contributed by atoms with Crippen LogP contribution in [0.25, 0.3) is 0 Å². The lowest BCUT2D eigenvalue weighted by molar-refractivity contribution is -0.179. The van der Waals surface area contributed by atoms with Crippen LogP contribution in [0.2, 0.25) is 0 Å². The number of anilines is 2. The fourth-order valence-electron chi connectivity index (χ4n) is 3.70. The van der Waals surface area contributed by atoms with Crippen LogP contribution in [0.1, 0.15) is 38.5 Å². The number of hydrogen-bond donors (Lipinski definition) is 2. The number of ether oxygens (including phenoxy) is 1. The molecule has 0 spiro atoms. The Labute approximate surface area is 155 Å². The molecule has 1 amide bonds. The number of amides is 1. The lowest BCUT2D eigenvalue weighted by Gasteiger charge is -2.34. The summed E-state index contributed by atoms with van der Waals surface area (Å²) < 4.78 is 43.3. The molecule has 1 saturated carbocycles. The van der Waals surface area contributed by atoms with Crippen molar-refractivity contribution in [3.63, 3.8) is 0 Å². The second-order valence-electron chi connectivity index (χ2n) is 7.12. The van der Waals surface area contributed by atoms with Gasteiger partial charge in [-0.15, -0.1) is 0 Å². The quantitative estimate of drug-likeness (QED) is 0.825. The first kappa shape index (κ1) is 19.5. The summed E-state index contributed by atoms with van der Waals surface area (Å²) >= 11 is 0. The highest BCUT2D eigenvalue weighted by atomic mass is 19.4. The molecular formula is C17H24F3N5O2. The zero-order valence-corrected chi connectivity index (χ0v) is 14.9. The molecule has 1 saturated heterocycles. The second-order valence-corrected chi connectivity index (χ2v) is 7.12. The molecule has 3 N–H and O–H groups in total. The van der Waals surface area contributed by atoms with Crippen LogP contribution in [0.15, 0.2) is 12.4 Å². The molecule has 2 heterocycles. The van der Waals surface area contributed by atoms with Gasteiger partial charge < -0.3 is 20.7 Å². The predicted octanol–water partition coefficient (Wildman–Crippen LogP) is 3.07. The minimum absolute atomic E-state index is 0.0973. The summed E-state index contributed by atoms with van der Waals surface area (Å²) in [4.78, 5) is 21.2. The van der Waals surface area contributed by atoms with Gasteiger partial charge in [0.15, 0.2) is 0 Å². The number of primary amides is 1. The van der Waals surface area contributed by atoms with E-state index in [1.54, 1.807) is 12.4 Å². The van der Waals surface area contributed by atoms with Crippen molar-refractivity contribution in [1.82, 2.24) is 9.97 Å². The highest BCUT2D eigenvalue weighted by Crippen LogP contribution is 2.35. The highest BCUT2D eigenvalue weighted by Gasteiger charge is 2.41. The van der Waals surface area contributed by atoms with Gasteiger partial charge in [-0.05, 0) is 38.5 Å². The molecule has 0 bridgehead atoms. The molecule has 1 aliphatic carbocycles. The molecule has 0 aromatic carbocycles. The average molecular weight is 387 g/mol. The summed E-state index contributed by atoms with van der Waals surface area (Å²) in [5, 5.41) is 3.25. The Balaban J connectivity index is 1.46. The molecule has 0 unspecified atom stereocenters. The minimum Gasteiger partial charge on any atom is -0.446 e. The lowest BCUT2D eigenvalue weighted by Crippen LogP contribution is -2.39. The topological polar surface area (TPSA) is 93.4 Å². The van der Waals surface area contributed by atoms with Crippen molar-refractivity contribution in [3.8, 4) is 0 Å². The Kier molecular flexibility index (Phi) is 5.91. The third kappa shape index (κ3) is 5.36. The first-order chi connectivity index (χ1) is 12.8. The van der Waals surface area contributed by atoms with Gasteiger partial charge in [-0.25, -0.2) is 14.8 Å². The summed E-state index contributed by atoms with van der Waals surface area (Å²) in [7, 11) is 0. The van der Waals surface area contributed by atoms with Crippen molar-refractivity contribution in [1.29, 1.82) is 0 Å². The van der Waals surface area contributed by atoms with Gasteiger partial charge in [-0.3, -0.25) is 0 Å². The van der Waals surface area contributed by atoms with Crippen molar-refractivity contribution in [2.75, 3.05) is 23.3 Å². The highest BCUT2D eigenvalue weighted by molar-refractivity contribution is 5.64. The molecule has 27 heavy (non-hydrogen) atoms. The number of alkyl halides is 3. The summed E-state index contributed by atoms with van der Waals surface area (Å²) in [6.45, 7) is 0.703. The van der Waals surface area contributed by atoms with E-state index in [0.29, 0.717) is 19.0 Å². The summed E-state index contributed by atoms with van der Waals surface area (Å²) in [6, 6.07) is 0.186. The number of nitrogens with one attached hydrogen (secondary N) is 1. The van der Waals surface area contributed by atoms with Crippen LogP contribution in [-0.4, -0.2) is 47.5 Å². The van der Waals surface area contributed by atoms with Crippen molar-refractivity contribution >= 4 is 17.7 Å². The number of nitrogens with two attached hydrogens (primary N) is 1. The van der Waals surface area contributed by atoms with Gasteiger partial charge in [0.25, 0.3) is 0 Å². The lowest BCUT2D eigenvalue weighted by atomic mass is 9.93. The molecule has 0 radical (unpaired) electrons.